The summed E-state index contributed by atoms with van der Waals surface area (Å²) in [5.41, 5.74) is 6.97. The lowest BCUT2D eigenvalue weighted by molar-refractivity contribution is 0.244. The van der Waals surface area contributed by atoms with Gasteiger partial charge < -0.3 is 47.2 Å². The van der Waals surface area contributed by atoms with Crippen molar-refractivity contribution in [1.29, 1.82) is 0 Å². The van der Waals surface area contributed by atoms with Crippen LogP contribution < -0.4 is 74.4 Å². The Bertz CT molecular complexity index is 7170. The predicted octanol–water partition coefficient (Wildman–Crippen LogP) is 19.1. The first-order valence-corrected chi connectivity index (χ1v) is 54.1. The van der Waals surface area contributed by atoms with Crippen molar-refractivity contribution in [2.45, 2.75) is 66.2 Å². The van der Waals surface area contributed by atoms with Crippen LogP contribution in [0.4, 0.5) is 73.9 Å². The second kappa shape index (κ2) is 56.5. The number of benzene rings is 7. The maximum atomic E-state index is 12.2. The minimum atomic E-state index is -0.546. The molecule has 58 heteroatoms. The number of carbonyl (C=O) groups is 7. The molecular formula is C85H87Br7FN35O8S7. The maximum Gasteiger partial charge on any atom is 0.321 e. The summed E-state index contributed by atoms with van der Waals surface area (Å²) in [6.07, 6.45) is 5.09. The average molecular weight is 2530 g/mol. The van der Waals surface area contributed by atoms with Gasteiger partial charge in [0.2, 0.25) is 0 Å². The molecule has 748 valence electrons. The van der Waals surface area contributed by atoms with Crippen molar-refractivity contribution in [2.24, 2.45) is 0 Å². The van der Waals surface area contributed by atoms with Crippen LogP contribution in [0.2, 0.25) is 0 Å². The van der Waals surface area contributed by atoms with Gasteiger partial charge >= 0.3 is 42.2 Å². The molecule has 11 aromatic heterocycles. The minimum absolute atomic E-state index is 0.0780. The van der Waals surface area contributed by atoms with Crippen molar-refractivity contribution in [3.63, 3.8) is 0 Å². The van der Waals surface area contributed by atoms with Crippen LogP contribution in [0.1, 0.15) is 43.8 Å². The van der Waals surface area contributed by atoms with Crippen molar-refractivity contribution in [1.82, 2.24) is 143 Å². The Kier molecular flexibility index (Phi) is 43.5. The van der Waals surface area contributed by atoms with Gasteiger partial charge in [-0.05, 0) is 183 Å². The highest BCUT2D eigenvalue weighted by Crippen LogP contribution is 2.35. The van der Waals surface area contributed by atoms with Crippen LogP contribution in [0.5, 0.6) is 0 Å². The molecule has 0 atom stereocenters. The number of rotatable bonds is 28. The molecule has 14 amide bonds. The van der Waals surface area contributed by atoms with Crippen molar-refractivity contribution in [3.8, 4) is 0 Å². The van der Waals surface area contributed by atoms with E-state index in [2.05, 4.69) is 272 Å². The van der Waals surface area contributed by atoms with E-state index in [0.29, 0.717) is 119 Å². The summed E-state index contributed by atoms with van der Waals surface area (Å²) >= 11 is 33.8. The monoisotopic (exact) mass is 2520 g/mol. The number of aromatic nitrogens is 20. The molecule has 0 aliphatic rings. The van der Waals surface area contributed by atoms with Crippen molar-refractivity contribution >= 4 is 341 Å². The molecule has 11 heterocycles. The molecule has 18 rings (SSSR count). The maximum absolute atomic E-state index is 12.2. The fraction of sp³-hybridized carbons (Fsp3) is 0.247. The Morgan fingerprint density at radius 1 is 0.364 bits per heavy atom. The third kappa shape index (κ3) is 36.8. The predicted molar refractivity (Wildman–Crippen MR) is 587 cm³/mol. The quantitative estimate of drug-likeness (QED) is 0.0216. The molecule has 15 N–H and O–H groups in total. The molecule has 7 aromatic carbocycles. The fourth-order valence-electron chi connectivity index (χ4n) is 11.5. The van der Waals surface area contributed by atoms with E-state index in [1.807, 2.05) is 179 Å². The summed E-state index contributed by atoms with van der Waals surface area (Å²) < 4.78 is 26.2. The number of likely N-dealkylation sites (N-methyl/N-ethyl adjacent to an activating group) is 1. The van der Waals surface area contributed by atoms with Crippen LogP contribution in [0.3, 0.4) is 0 Å². The first-order valence-electron chi connectivity index (χ1n) is 42.8. The summed E-state index contributed by atoms with van der Waals surface area (Å²) in [5, 5.41) is 85.7. The molecule has 0 aliphatic carbocycles. The Morgan fingerprint density at radius 2 is 0.657 bits per heavy atom. The smallest absolute Gasteiger partial charge is 0.321 e. The number of fused-ring (bicyclic) bond motifs is 7. The molecule has 0 saturated heterocycles. The lowest BCUT2D eigenvalue weighted by Crippen LogP contribution is -2.34. The first kappa shape index (κ1) is 110. The van der Waals surface area contributed by atoms with Gasteiger partial charge in [-0.15, -0.1) is 30.6 Å². The lowest BCUT2D eigenvalue weighted by atomic mass is 10.3. The molecule has 0 radical (unpaired) electrons. The van der Waals surface area contributed by atoms with E-state index in [-0.39, 0.29) is 61.9 Å². The molecular weight excluding hydrogens is 2440 g/mol. The van der Waals surface area contributed by atoms with Gasteiger partial charge in [-0.25, -0.2) is 72.8 Å². The number of nitrogens with one attached hydrogen (secondary N) is 14. The lowest BCUT2D eigenvalue weighted by Gasteiger charge is -2.10. The zero-order valence-corrected chi connectivity index (χ0v) is 92.6. The molecule has 0 unspecified atom stereocenters. The van der Waals surface area contributed by atoms with Gasteiger partial charge in [0.1, 0.15) is 6.67 Å². The largest absolute Gasteiger partial charge is 0.395 e. The van der Waals surface area contributed by atoms with Gasteiger partial charge in [-0.1, -0.05) is 204 Å². The minimum Gasteiger partial charge on any atom is -0.395 e. The number of carbonyl (C=O) groups excluding carboxylic acids is 7. The topological polar surface area (TPSA) is 545 Å². The number of nitrogens with zero attached hydrogens (tertiary/aromatic N) is 21. The molecule has 0 bridgehead atoms. The number of urea groups is 7. The summed E-state index contributed by atoms with van der Waals surface area (Å²) in [6, 6.07) is 42.2. The molecule has 43 nitrogen and oxygen atoms in total. The highest BCUT2D eigenvalue weighted by Gasteiger charge is 2.18. The molecule has 0 fully saturated rings. The number of anilines is 7. The van der Waals surface area contributed by atoms with Crippen molar-refractivity contribution in [2.75, 3.05) is 110 Å². The second-order valence-corrected chi connectivity index (χ2v) is 42.7. The SMILES string of the molecule is CCNC(=O)Nc1nc2ccc(Br)cc2s1.CCc1nnn(CCNC(=O)Nc2nc3ccc(Br)cc3s2)n1.CCn1nnc(CCNC(=O)Nc2nc3ccc(Br)cc3s2)n1.CN(C)CCNC(=O)Nc1nc2ccc(Br)cc2s1.O=C(NCCO)Nc1nc2ccc(Br)cc2s1.O=C(NCCc1nnn(CCF)n1)Nc1nc2ccc(Br)cc2s1.O=C(NCc1cccnc1)Nc1nc2ccc(Br)cc2s1. The highest BCUT2D eigenvalue weighted by molar-refractivity contribution is 9.11. The summed E-state index contributed by atoms with van der Waals surface area (Å²) in [7, 11) is 3.93. The number of amides is 14. The van der Waals surface area contributed by atoms with Crippen LogP contribution >= 0.6 is 191 Å². The number of hydrogen-bond acceptors (Lipinski definition) is 33. The van der Waals surface area contributed by atoms with E-state index in [0.717, 1.165) is 121 Å². The number of alkyl halides is 1. The Hall–Kier alpha value is -11.8. The van der Waals surface area contributed by atoms with Crippen molar-refractivity contribution < 1.29 is 43.1 Å². The first-order chi connectivity index (χ1) is 69.0. The van der Waals surface area contributed by atoms with Crippen LogP contribution in [0, 0.1) is 0 Å². The van der Waals surface area contributed by atoms with Crippen LogP contribution in [0.15, 0.2) is 183 Å². The number of thiazole rings is 7. The molecule has 18 aromatic rings. The number of hydrogen-bond donors (Lipinski definition) is 15. The van der Waals surface area contributed by atoms with E-state index in [4.69, 9.17) is 5.11 Å². The number of halogens is 8. The van der Waals surface area contributed by atoms with Crippen LogP contribution in [-0.4, -0.2) is 226 Å². The molecule has 0 saturated carbocycles. The van der Waals surface area contributed by atoms with Gasteiger partial charge in [0.05, 0.1) is 97.8 Å². The number of aliphatic hydroxyl groups excluding tert-OH is 1. The number of aryl methyl sites for hydroxylation is 3. The standard InChI is InChI=1S/C14H11BrN4OS.C13H13BrFN7OS.2C13H14BrN7OS.C12H15BrN4OS.C10H10BrN3O2S.C10H10BrN3OS/c15-10-3-4-11-12(6-10)21-14(18-11)19-13(20)17-8-9-2-1-5-16-7-9;14-8-1-2-9-10(7-8)24-13(17-9)18-12(23)16-5-3-11-19-21-22(20-11)6-4-15;1-2-21-19-11(18-20-21)5-6-15-12(22)17-13-16-9-4-3-8(14)7-10(9)23-13;1-2-11-18-20-21(19-11)6-5-15-12(22)17-13-16-9-4-3-8(14)7-10(9)23-13;1-17(2)6-5-14-11(18)16-12-15-9-4-3-8(13)7-10(9)19-12;11-6-1-2-7-8(5-6)17-10(13-7)14-9(16)12-3-4-15;1-2-12-9(15)14-10-13-7-4-3-6(11)5-8(7)16-10/h1-7H,8H2,(H2,17,18,19,20);1-2,7H,3-6H2,(H2,16,17,18,23);2*3-4,7H,2,5-6H2,1H3,(H2,15,16,17,22);3-4,7H,5-6H2,1-2H3,(H2,14,15,16,18);1-2,5,15H,3-4H2,(H2,12,13,14,16);3-5H,2H2,1H3,(H2,12,13,14,15). The molecule has 0 aliphatic heterocycles. The Morgan fingerprint density at radius 3 is 0.951 bits per heavy atom. The molecule has 143 heavy (non-hydrogen) atoms. The van der Waals surface area contributed by atoms with E-state index >= 15 is 0 Å². The summed E-state index contributed by atoms with van der Waals surface area (Å²) in [6.45, 7) is 10.2. The van der Waals surface area contributed by atoms with E-state index in [9.17, 15) is 38.0 Å². The highest BCUT2D eigenvalue weighted by atomic mass is 79.9. The Labute approximate surface area is 900 Å². The van der Waals surface area contributed by atoms with Crippen LogP contribution in [0.25, 0.3) is 71.5 Å². The third-order valence-corrected chi connectivity index (χ3v) is 28.0. The molecule has 0 spiro atoms. The van der Waals surface area contributed by atoms with E-state index in [1.165, 1.54) is 93.7 Å². The van der Waals surface area contributed by atoms with Crippen LogP contribution in [-0.2, 0) is 45.4 Å². The second-order valence-electron chi connectivity index (χ2n) is 29.0. The van der Waals surface area contributed by atoms with E-state index in [1.54, 1.807) is 12.4 Å². The Balaban J connectivity index is 0.000000149. The fourth-order valence-corrected chi connectivity index (χ4v) is 21.4. The number of pyridine rings is 1. The average Bonchev–Trinajstić information content (AvgIpc) is 1.72. The number of tetrazole rings is 3. The normalized spacial score (nSPS) is 10.7. The van der Waals surface area contributed by atoms with E-state index < -0.39 is 6.67 Å². The zero-order chi connectivity index (χ0) is 102. The van der Waals surface area contributed by atoms with Gasteiger partial charge in [0, 0.05) is 115 Å². The van der Waals surface area contributed by atoms with Gasteiger partial charge in [0.15, 0.2) is 53.4 Å². The summed E-state index contributed by atoms with van der Waals surface area (Å²) in [4.78, 5) is 122. The van der Waals surface area contributed by atoms with Gasteiger partial charge in [0.25, 0.3) is 0 Å². The van der Waals surface area contributed by atoms with Gasteiger partial charge in [-0.3, -0.25) is 42.2 Å². The van der Waals surface area contributed by atoms with Crippen molar-refractivity contribution in [3.05, 3.63) is 206 Å². The third-order valence-electron chi connectivity index (χ3n) is 18.0. The number of aliphatic hydroxyl groups is 1. The summed E-state index contributed by atoms with van der Waals surface area (Å²) in [5.74, 6) is 1.75. The zero-order valence-electron chi connectivity index (χ0n) is 75.8. The van der Waals surface area contributed by atoms with Gasteiger partial charge in [-0.2, -0.15) is 14.4 Å².